The number of benzene rings is 2. The maximum atomic E-state index is 13.4. The molecule has 1 heterocycles. The fourth-order valence-electron chi connectivity index (χ4n) is 3.81. The Hall–Kier alpha value is -3.79. The van der Waals surface area contributed by atoms with Crippen molar-refractivity contribution in [3.8, 4) is 22.6 Å². The van der Waals surface area contributed by atoms with Crippen LogP contribution < -0.4 is 9.47 Å². The predicted octanol–water partition coefficient (Wildman–Crippen LogP) is 5.22. The molecule has 0 radical (unpaired) electrons. The SMILES string of the molecule is COC(=O)c1c(CS(=O)(=O)c2ccccc2OC)ccc(-c2ccoc2)c1OCCCC(=O)OC(C)(C)C. The van der Waals surface area contributed by atoms with Crippen LogP contribution in [0, 0.1) is 0 Å². The molecule has 38 heavy (non-hydrogen) atoms. The third-order valence-corrected chi connectivity index (χ3v) is 7.11. The summed E-state index contributed by atoms with van der Waals surface area (Å²) in [5, 5.41) is 0. The van der Waals surface area contributed by atoms with Crippen molar-refractivity contribution >= 4 is 21.8 Å². The maximum Gasteiger partial charge on any atom is 0.341 e. The van der Waals surface area contributed by atoms with E-state index < -0.39 is 27.2 Å². The summed E-state index contributed by atoms with van der Waals surface area (Å²) >= 11 is 0. The summed E-state index contributed by atoms with van der Waals surface area (Å²) in [6.45, 7) is 5.42. The van der Waals surface area contributed by atoms with E-state index in [1.807, 2.05) is 0 Å². The van der Waals surface area contributed by atoms with E-state index in [0.29, 0.717) is 17.5 Å². The summed E-state index contributed by atoms with van der Waals surface area (Å²) < 4.78 is 53.6. The second kappa shape index (κ2) is 12.2. The zero-order chi connectivity index (χ0) is 27.9. The van der Waals surface area contributed by atoms with Crippen LogP contribution in [0.1, 0.15) is 49.5 Å². The Morgan fingerprint density at radius 1 is 1.00 bits per heavy atom. The molecule has 9 nitrogen and oxygen atoms in total. The predicted molar refractivity (Wildman–Crippen MR) is 140 cm³/mol. The Kier molecular flexibility index (Phi) is 9.22. The number of furan rings is 1. The van der Waals surface area contributed by atoms with E-state index in [4.69, 9.17) is 23.4 Å². The molecule has 0 atom stereocenters. The van der Waals surface area contributed by atoms with Crippen LogP contribution >= 0.6 is 0 Å². The van der Waals surface area contributed by atoms with Gasteiger partial charge in [0.1, 0.15) is 27.6 Å². The molecule has 0 spiro atoms. The van der Waals surface area contributed by atoms with Gasteiger partial charge in [0.05, 0.1) is 39.1 Å². The van der Waals surface area contributed by atoms with Gasteiger partial charge >= 0.3 is 11.9 Å². The fourth-order valence-corrected chi connectivity index (χ4v) is 5.36. The molecule has 0 aliphatic carbocycles. The molecule has 1 aromatic heterocycles. The first-order valence-electron chi connectivity index (χ1n) is 11.9. The van der Waals surface area contributed by atoms with Gasteiger partial charge in [0.15, 0.2) is 9.84 Å². The van der Waals surface area contributed by atoms with Gasteiger partial charge in [0.25, 0.3) is 0 Å². The third kappa shape index (κ3) is 7.16. The fraction of sp³-hybridized carbons (Fsp3) is 0.357. The average Bonchev–Trinajstić information content (AvgIpc) is 3.39. The molecule has 3 rings (SSSR count). The molecule has 0 unspecified atom stereocenters. The summed E-state index contributed by atoms with van der Waals surface area (Å²) in [5.74, 6) is -1.31. The highest BCUT2D eigenvalue weighted by molar-refractivity contribution is 7.90. The first-order chi connectivity index (χ1) is 18.0. The molecule has 0 aliphatic rings. The number of ether oxygens (including phenoxy) is 4. The van der Waals surface area contributed by atoms with Gasteiger partial charge in [-0.3, -0.25) is 4.79 Å². The highest BCUT2D eigenvalue weighted by atomic mass is 32.2. The maximum absolute atomic E-state index is 13.4. The molecule has 0 bridgehead atoms. The summed E-state index contributed by atoms with van der Waals surface area (Å²) in [4.78, 5) is 25.1. The van der Waals surface area contributed by atoms with Crippen molar-refractivity contribution < 1.29 is 41.4 Å². The number of para-hydroxylation sites is 1. The Morgan fingerprint density at radius 2 is 1.74 bits per heavy atom. The molecule has 0 N–H and O–H groups in total. The molecule has 3 aromatic rings. The average molecular weight is 545 g/mol. The first-order valence-corrected chi connectivity index (χ1v) is 13.6. The van der Waals surface area contributed by atoms with Gasteiger partial charge in [-0.15, -0.1) is 0 Å². The quantitative estimate of drug-likeness (QED) is 0.236. The summed E-state index contributed by atoms with van der Waals surface area (Å²) in [5.41, 5.74) is 0.691. The molecule has 0 aliphatic heterocycles. The summed E-state index contributed by atoms with van der Waals surface area (Å²) in [7, 11) is -1.33. The lowest BCUT2D eigenvalue weighted by atomic mass is 9.99. The smallest absolute Gasteiger partial charge is 0.341 e. The van der Waals surface area contributed by atoms with Crippen LogP contribution in [0.4, 0.5) is 0 Å². The van der Waals surface area contributed by atoms with Gasteiger partial charge in [0, 0.05) is 17.5 Å². The van der Waals surface area contributed by atoms with E-state index >= 15 is 0 Å². The number of carbonyl (C=O) groups is 2. The van der Waals surface area contributed by atoms with Gasteiger partial charge in [0.2, 0.25) is 0 Å². The molecule has 204 valence electrons. The molecule has 10 heteroatoms. The highest BCUT2D eigenvalue weighted by Gasteiger charge is 2.28. The number of esters is 2. The van der Waals surface area contributed by atoms with Gasteiger partial charge in [-0.05, 0) is 51.0 Å². The summed E-state index contributed by atoms with van der Waals surface area (Å²) in [6.07, 6.45) is 3.37. The summed E-state index contributed by atoms with van der Waals surface area (Å²) in [6, 6.07) is 11.2. The molecule has 0 saturated heterocycles. The Bertz CT molecular complexity index is 1370. The van der Waals surface area contributed by atoms with Crippen molar-refractivity contribution in [2.45, 2.75) is 49.9 Å². The van der Waals surface area contributed by atoms with Crippen LogP contribution in [-0.4, -0.2) is 46.8 Å². The second-order valence-corrected chi connectivity index (χ2v) is 11.4. The minimum atomic E-state index is -3.93. The van der Waals surface area contributed by atoms with Crippen LogP contribution in [0.25, 0.3) is 11.1 Å². The Balaban J connectivity index is 1.99. The second-order valence-electron chi connectivity index (χ2n) is 9.43. The number of methoxy groups -OCH3 is 2. The largest absolute Gasteiger partial charge is 0.495 e. The van der Waals surface area contributed by atoms with E-state index in [9.17, 15) is 18.0 Å². The minimum Gasteiger partial charge on any atom is -0.495 e. The van der Waals surface area contributed by atoms with Crippen LogP contribution in [0.2, 0.25) is 0 Å². The van der Waals surface area contributed by atoms with Crippen molar-refractivity contribution in [2.24, 2.45) is 0 Å². The standard InChI is InChI=1S/C28H32O9S/c1-28(2,3)37-24(29)11-8-15-36-26-21(19-14-16-35-17-19)13-12-20(25(26)27(30)34-5)18-38(31,32)23-10-7-6-9-22(23)33-4/h6-7,9-10,12-14,16-17H,8,11,15,18H2,1-5H3. The molecular formula is C28H32O9S. The molecule has 0 saturated carbocycles. The number of sulfone groups is 1. The van der Waals surface area contributed by atoms with Gasteiger partial charge < -0.3 is 23.4 Å². The van der Waals surface area contributed by atoms with E-state index in [-0.39, 0.29) is 46.5 Å². The van der Waals surface area contributed by atoms with E-state index in [1.54, 1.807) is 57.2 Å². The van der Waals surface area contributed by atoms with Crippen LogP contribution in [0.15, 0.2) is 64.3 Å². The number of hydrogen-bond acceptors (Lipinski definition) is 9. The minimum absolute atomic E-state index is 0.00273. The topological polar surface area (TPSA) is 118 Å². The monoisotopic (exact) mass is 544 g/mol. The zero-order valence-electron chi connectivity index (χ0n) is 22.1. The lowest BCUT2D eigenvalue weighted by Gasteiger charge is -2.20. The molecule has 0 amide bonds. The van der Waals surface area contributed by atoms with E-state index in [0.717, 1.165) is 0 Å². The first kappa shape index (κ1) is 28.8. The number of rotatable bonds is 11. The van der Waals surface area contributed by atoms with Crippen molar-refractivity contribution in [1.29, 1.82) is 0 Å². The van der Waals surface area contributed by atoms with Gasteiger partial charge in [-0.1, -0.05) is 24.3 Å². The van der Waals surface area contributed by atoms with E-state index in [1.165, 1.54) is 32.8 Å². The van der Waals surface area contributed by atoms with Crippen molar-refractivity contribution in [3.05, 3.63) is 66.1 Å². The third-order valence-electron chi connectivity index (χ3n) is 5.41. The Labute approximate surface area is 222 Å². The van der Waals surface area contributed by atoms with Crippen LogP contribution in [0.5, 0.6) is 11.5 Å². The molecule has 0 fully saturated rings. The molecule has 2 aromatic carbocycles. The lowest BCUT2D eigenvalue weighted by molar-refractivity contribution is -0.155. The van der Waals surface area contributed by atoms with Gasteiger partial charge in [-0.2, -0.15) is 0 Å². The number of hydrogen-bond donors (Lipinski definition) is 0. The number of carbonyl (C=O) groups excluding carboxylic acids is 2. The normalized spacial score (nSPS) is 11.6. The van der Waals surface area contributed by atoms with Crippen molar-refractivity contribution in [2.75, 3.05) is 20.8 Å². The lowest BCUT2D eigenvalue weighted by Crippen LogP contribution is -2.24. The van der Waals surface area contributed by atoms with Crippen LogP contribution in [-0.2, 0) is 29.9 Å². The van der Waals surface area contributed by atoms with Gasteiger partial charge in [-0.25, -0.2) is 13.2 Å². The van der Waals surface area contributed by atoms with Crippen molar-refractivity contribution in [1.82, 2.24) is 0 Å². The Morgan fingerprint density at radius 3 is 2.37 bits per heavy atom. The zero-order valence-corrected chi connectivity index (χ0v) is 22.9. The highest BCUT2D eigenvalue weighted by Crippen LogP contribution is 2.38. The van der Waals surface area contributed by atoms with E-state index in [2.05, 4.69) is 0 Å². The van der Waals surface area contributed by atoms with Crippen LogP contribution in [0.3, 0.4) is 0 Å². The molecular weight excluding hydrogens is 512 g/mol. The van der Waals surface area contributed by atoms with Crippen molar-refractivity contribution in [3.63, 3.8) is 0 Å².